The summed E-state index contributed by atoms with van der Waals surface area (Å²) in [5.41, 5.74) is 2.06. The Hall–Kier alpha value is -4.77. The lowest BCUT2D eigenvalue weighted by Crippen LogP contribution is -2.52. The Kier molecular flexibility index (Phi) is 9.93. The van der Waals surface area contributed by atoms with Crippen LogP contribution in [0.5, 0.6) is 5.75 Å². The van der Waals surface area contributed by atoms with E-state index in [2.05, 4.69) is 16.7 Å². The summed E-state index contributed by atoms with van der Waals surface area (Å²) in [6.45, 7) is 7.20. The van der Waals surface area contributed by atoms with Gasteiger partial charge in [-0.1, -0.05) is 73.2 Å². The molecule has 0 aliphatic rings. The number of aromatic hydroxyl groups is 1. The molecule has 3 rings (SSSR count). The fourth-order valence-corrected chi connectivity index (χ4v) is 4.12. The van der Waals surface area contributed by atoms with Crippen LogP contribution in [-0.2, 0) is 27.3 Å². The van der Waals surface area contributed by atoms with Crippen molar-refractivity contribution < 1.29 is 24.2 Å². The van der Waals surface area contributed by atoms with Crippen molar-refractivity contribution in [3.8, 4) is 18.2 Å². The van der Waals surface area contributed by atoms with Crippen molar-refractivity contribution in [3.63, 3.8) is 0 Å². The van der Waals surface area contributed by atoms with Crippen molar-refractivity contribution in [2.45, 2.75) is 58.3 Å². The Morgan fingerprint density at radius 2 is 1.57 bits per heavy atom. The van der Waals surface area contributed by atoms with Gasteiger partial charge in [0.25, 0.3) is 5.91 Å². The van der Waals surface area contributed by atoms with Crippen molar-refractivity contribution in [2.24, 2.45) is 0 Å². The third kappa shape index (κ3) is 8.37. The summed E-state index contributed by atoms with van der Waals surface area (Å²) in [5, 5.41) is 15.2. The molecule has 40 heavy (non-hydrogen) atoms. The quantitative estimate of drug-likeness (QED) is 0.271. The molecular weight excluding hydrogens is 506 g/mol. The second-order valence-corrected chi connectivity index (χ2v) is 10.4. The molecule has 0 saturated carbocycles. The molecule has 3 aromatic rings. The largest absolute Gasteiger partial charge is 0.508 e. The molecule has 0 aromatic heterocycles. The Bertz CT molecular complexity index is 1360. The number of phenols is 1. The lowest BCUT2D eigenvalue weighted by Gasteiger charge is -2.31. The number of carbonyl (C=O) groups is 3. The smallest absolute Gasteiger partial charge is 0.408 e. The summed E-state index contributed by atoms with van der Waals surface area (Å²) < 4.78 is 5.40. The summed E-state index contributed by atoms with van der Waals surface area (Å²) in [4.78, 5) is 41.5. The number of aryl methyl sites for hydroxylation is 1. The van der Waals surface area contributed by atoms with E-state index in [-0.39, 0.29) is 18.7 Å². The fourth-order valence-electron chi connectivity index (χ4n) is 4.12. The van der Waals surface area contributed by atoms with E-state index in [0.29, 0.717) is 11.1 Å². The molecule has 2 unspecified atom stereocenters. The minimum Gasteiger partial charge on any atom is -0.508 e. The number of hydrogen-bond donors (Lipinski definition) is 3. The molecule has 3 N–H and O–H groups in total. The van der Waals surface area contributed by atoms with Gasteiger partial charge in [-0.25, -0.2) is 4.79 Å². The van der Waals surface area contributed by atoms with Crippen LogP contribution in [0.15, 0.2) is 78.9 Å². The first-order chi connectivity index (χ1) is 19.0. The third-order valence-electron chi connectivity index (χ3n) is 6.04. The molecule has 0 bridgehead atoms. The molecule has 0 aliphatic heterocycles. The van der Waals surface area contributed by atoms with Crippen LogP contribution in [0, 0.1) is 19.4 Å². The maximum atomic E-state index is 14.0. The highest BCUT2D eigenvalue weighted by molar-refractivity contribution is 5.93. The first-order valence-electron chi connectivity index (χ1n) is 12.9. The number of ether oxygens (including phenoxy) is 1. The van der Waals surface area contributed by atoms with E-state index < -0.39 is 35.6 Å². The van der Waals surface area contributed by atoms with Crippen LogP contribution >= 0.6 is 0 Å². The summed E-state index contributed by atoms with van der Waals surface area (Å²) in [6.07, 6.45) is 5.13. The molecule has 8 heteroatoms. The van der Waals surface area contributed by atoms with Crippen LogP contribution in [0.3, 0.4) is 0 Å². The maximum absolute atomic E-state index is 14.0. The number of hydrogen-bond acceptors (Lipinski definition) is 5. The monoisotopic (exact) mass is 541 g/mol. The van der Waals surface area contributed by atoms with Crippen LogP contribution in [0.25, 0.3) is 0 Å². The Labute approximate surface area is 235 Å². The van der Waals surface area contributed by atoms with Gasteiger partial charge in [-0.05, 0) is 62.1 Å². The van der Waals surface area contributed by atoms with Crippen LogP contribution in [-0.4, -0.2) is 39.6 Å². The minimum atomic E-state index is -1.16. The third-order valence-corrected chi connectivity index (χ3v) is 6.04. The molecule has 8 nitrogen and oxygen atoms in total. The number of phenolic OH excluding ortho intramolecular Hbond substituents is 1. The topological polar surface area (TPSA) is 108 Å². The Morgan fingerprint density at radius 3 is 2.17 bits per heavy atom. The van der Waals surface area contributed by atoms with Crippen molar-refractivity contribution >= 4 is 17.9 Å². The van der Waals surface area contributed by atoms with E-state index in [4.69, 9.17) is 11.2 Å². The predicted octanol–water partition coefficient (Wildman–Crippen LogP) is 4.61. The highest BCUT2D eigenvalue weighted by Crippen LogP contribution is 2.26. The summed E-state index contributed by atoms with van der Waals surface area (Å²) in [5.74, 6) is -1.07. The first-order valence-corrected chi connectivity index (χ1v) is 12.9. The second-order valence-electron chi connectivity index (χ2n) is 10.4. The SMILES string of the molecule is C#CN(C(=O)C(Cc1ccc(O)cc1)NC(=O)OC(C)(C)C)C(C(=O)NCc1ccccc1)c1ccccc1C. The van der Waals surface area contributed by atoms with Gasteiger partial charge < -0.3 is 20.5 Å². The van der Waals surface area contributed by atoms with Gasteiger partial charge in [0.15, 0.2) is 0 Å². The highest BCUT2D eigenvalue weighted by atomic mass is 16.6. The van der Waals surface area contributed by atoms with E-state index in [1.807, 2.05) is 49.4 Å². The number of amides is 3. The lowest BCUT2D eigenvalue weighted by atomic mass is 9.97. The van der Waals surface area contributed by atoms with E-state index in [1.54, 1.807) is 45.0 Å². The number of alkyl carbamates (subject to hydrolysis) is 1. The maximum Gasteiger partial charge on any atom is 0.408 e. The molecule has 0 saturated heterocycles. The molecule has 0 fully saturated rings. The molecule has 0 heterocycles. The van der Waals surface area contributed by atoms with E-state index in [1.165, 1.54) is 12.1 Å². The summed E-state index contributed by atoms with van der Waals surface area (Å²) >= 11 is 0. The van der Waals surface area contributed by atoms with Crippen LogP contribution in [0.1, 0.15) is 49.1 Å². The normalized spacial score (nSPS) is 12.4. The van der Waals surface area contributed by atoms with Gasteiger partial charge in [-0.15, -0.1) is 0 Å². The molecular formula is C32H35N3O5. The summed E-state index contributed by atoms with van der Waals surface area (Å²) in [6, 6.07) is 22.9. The summed E-state index contributed by atoms with van der Waals surface area (Å²) in [7, 11) is 0. The molecule has 0 radical (unpaired) electrons. The molecule has 3 aromatic carbocycles. The fraction of sp³-hybridized carbons (Fsp3) is 0.281. The van der Waals surface area contributed by atoms with E-state index >= 15 is 0 Å². The average Bonchev–Trinajstić information content (AvgIpc) is 2.91. The Balaban J connectivity index is 1.97. The molecule has 208 valence electrons. The molecule has 0 spiro atoms. The van der Waals surface area contributed by atoms with Crippen LogP contribution in [0.4, 0.5) is 4.79 Å². The standard InChI is InChI=1S/C32H35N3O5/c1-6-35(28(26-15-11-10-12-22(26)2)29(37)33-21-24-13-8-7-9-14-24)30(38)27(34-31(39)40-32(3,4)5)20-23-16-18-25(36)19-17-23/h1,7-19,27-28,36H,20-21H2,2-5H3,(H,33,37)(H,34,39). The van der Waals surface area contributed by atoms with Crippen molar-refractivity contribution in [2.75, 3.05) is 0 Å². The Morgan fingerprint density at radius 1 is 0.950 bits per heavy atom. The zero-order valence-electron chi connectivity index (χ0n) is 23.2. The van der Waals surface area contributed by atoms with E-state index in [9.17, 15) is 19.5 Å². The van der Waals surface area contributed by atoms with Gasteiger partial charge in [-0.3, -0.25) is 14.5 Å². The molecule has 3 amide bonds. The number of benzene rings is 3. The van der Waals surface area contributed by atoms with Crippen molar-refractivity contribution in [1.29, 1.82) is 0 Å². The van der Waals surface area contributed by atoms with Gasteiger partial charge in [0.05, 0.1) is 0 Å². The number of rotatable bonds is 9. The van der Waals surface area contributed by atoms with Gasteiger partial charge in [0, 0.05) is 19.0 Å². The van der Waals surface area contributed by atoms with Crippen molar-refractivity contribution in [3.05, 3.63) is 101 Å². The van der Waals surface area contributed by atoms with Crippen molar-refractivity contribution in [1.82, 2.24) is 15.5 Å². The first kappa shape index (κ1) is 29.8. The number of nitrogens with zero attached hydrogens (tertiary/aromatic N) is 1. The number of terminal acetylenes is 1. The van der Waals surface area contributed by atoms with Gasteiger partial charge in [-0.2, -0.15) is 0 Å². The average molecular weight is 542 g/mol. The molecule has 0 aliphatic carbocycles. The van der Waals surface area contributed by atoms with Gasteiger partial charge in [0.2, 0.25) is 5.91 Å². The zero-order chi connectivity index (χ0) is 29.3. The highest BCUT2D eigenvalue weighted by Gasteiger charge is 2.36. The number of carbonyl (C=O) groups excluding carboxylic acids is 3. The van der Waals surface area contributed by atoms with Gasteiger partial charge in [0.1, 0.15) is 23.4 Å². The zero-order valence-corrected chi connectivity index (χ0v) is 23.2. The number of nitrogens with one attached hydrogen (secondary N) is 2. The lowest BCUT2D eigenvalue weighted by molar-refractivity contribution is -0.138. The van der Waals surface area contributed by atoms with Gasteiger partial charge >= 0.3 is 6.09 Å². The van der Waals surface area contributed by atoms with Crippen LogP contribution in [0.2, 0.25) is 0 Å². The predicted molar refractivity (Wildman–Crippen MR) is 153 cm³/mol. The van der Waals surface area contributed by atoms with Crippen LogP contribution < -0.4 is 10.6 Å². The minimum absolute atomic E-state index is 0.0443. The van der Waals surface area contributed by atoms with E-state index in [0.717, 1.165) is 16.0 Å². The molecule has 2 atom stereocenters. The second kappa shape index (κ2) is 13.3.